The molecule has 156 valence electrons. The largest absolute Gasteiger partial charge is 0.489 e. The average Bonchev–Trinajstić information content (AvgIpc) is 2.81. The Morgan fingerprint density at radius 1 is 0.710 bits per heavy atom. The quantitative estimate of drug-likeness (QED) is 0.392. The van der Waals surface area contributed by atoms with Crippen LogP contribution in [0, 0.1) is 0 Å². The maximum absolute atomic E-state index is 12.6. The van der Waals surface area contributed by atoms with E-state index in [9.17, 15) is 4.79 Å². The van der Waals surface area contributed by atoms with Gasteiger partial charge >= 0.3 is 0 Å². The zero-order chi connectivity index (χ0) is 21.6. The van der Waals surface area contributed by atoms with Crippen LogP contribution in [0.3, 0.4) is 0 Å². The molecule has 0 fully saturated rings. The standard InChI is InChI=1S/C27H25NO3/c1-28(2)27(29)24-12-6-10-22-11-7-13-25(26(22)24)31-19-21-14-16-23(17-15-21)30-18-20-8-4-3-5-9-20/h3-17H,18-19H2,1-2H3. The predicted octanol–water partition coefficient (Wildman–Crippen LogP) is 5.70. The summed E-state index contributed by atoms with van der Waals surface area (Å²) in [6.45, 7) is 0.942. The van der Waals surface area contributed by atoms with Gasteiger partial charge in [0.2, 0.25) is 0 Å². The second-order valence-corrected chi connectivity index (χ2v) is 7.57. The van der Waals surface area contributed by atoms with E-state index in [0.717, 1.165) is 27.6 Å². The molecule has 0 N–H and O–H groups in total. The number of nitrogens with zero attached hydrogens (tertiary/aromatic N) is 1. The van der Waals surface area contributed by atoms with E-state index in [1.54, 1.807) is 19.0 Å². The van der Waals surface area contributed by atoms with Crippen molar-refractivity contribution in [3.8, 4) is 11.5 Å². The number of amides is 1. The van der Waals surface area contributed by atoms with Gasteiger partial charge in [0, 0.05) is 19.5 Å². The zero-order valence-corrected chi connectivity index (χ0v) is 17.7. The fraction of sp³-hybridized carbons (Fsp3) is 0.148. The number of hydrogen-bond donors (Lipinski definition) is 0. The van der Waals surface area contributed by atoms with Crippen molar-refractivity contribution in [3.05, 3.63) is 108 Å². The minimum Gasteiger partial charge on any atom is -0.489 e. The molecule has 31 heavy (non-hydrogen) atoms. The summed E-state index contributed by atoms with van der Waals surface area (Å²) in [6, 6.07) is 29.6. The molecule has 0 radical (unpaired) electrons. The van der Waals surface area contributed by atoms with Crippen molar-refractivity contribution in [1.29, 1.82) is 0 Å². The summed E-state index contributed by atoms with van der Waals surface area (Å²) in [4.78, 5) is 14.2. The van der Waals surface area contributed by atoms with Crippen LogP contribution >= 0.6 is 0 Å². The maximum atomic E-state index is 12.6. The lowest BCUT2D eigenvalue weighted by Crippen LogP contribution is -2.22. The van der Waals surface area contributed by atoms with Gasteiger partial charge in [-0.1, -0.05) is 66.7 Å². The SMILES string of the molecule is CN(C)C(=O)c1cccc2cccc(OCc3ccc(OCc4ccccc4)cc3)c12. The summed E-state index contributed by atoms with van der Waals surface area (Å²) in [7, 11) is 3.51. The normalized spacial score (nSPS) is 10.6. The molecule has 4 nitrogen and oxygen atoms in total. The number of carbonyl (C=O) groups excluding carboxylic acids is 1. The molecule has 4 rings (SSSR count). The summed E-state index contributed by atoms with van der Waals surface area (Å²) in [5, 5.41) is 1.82. The second-order valence-electron chi connectivity index (χ2n) is 7.57. The van der Waals surface area contributed by atoms with Crippen LogP contribution in [-0.2, 0) is 13.2 Å². The number of fused-ring (bicyclic) bond motifs is 1. The number of benzene rings is 4. The van der Waals surface area contributed by atoms with E-state index in [1.165, 1.54) is 0 Å². The van der Waals surface area contributed by atoms with E-state index >= 15 is 0 Å². The summed E-state index contributed by atoms with van der Waals surface area (Å²) in [5.41, 5.74) is 2.80. The minimum atomic E-state index is -0.0402. The van der Waals surface area contributed by atoms with Crippen molar-refractivity contribution >= 4 is 16.7 Å². The Kier molecular flexibility index (Phi) is 6.18. The maximum Gasteiger partial charge on any atom is 0.254 e. The molecule has 0 bridgehead atoms. The molecular weight excluding hydrogens is 386 g/mol. The van der Waals surface area contributed by atoms with Gasteiger partial charge < -0.3 is 14.4 Å². The Balaban J connectivity index is 1.47. The average molecular weight is 412 g/mol. The van der Waals surface area contributed by atoms with E-state index in [1.807, 2.05) is 91.0 Å². The van der Waals surface area contributed by atoms with Crippen molar-refractivity contribution in [2.24, 2.45) is 0 Å². The van der Waals surface area contributed by atoms with Crippen LogP contribution in [0.5, 0.6) is 11.5 Å². The highest BCUT2D eigenvalue weighted by Gasteiger charge is 2.15. The number of rotatable bonds is 7. The van der Waals surface area contributed by atoms with E-state index in [-0.39, 0.29) is 5.91 Å². The van der Waals surface area contributed by atoms with Crippen LogP contribution in [0.2, 0.25) is 0 Å². The number of carbonyl (C=O) groups is 1. The first-order chi connectivity index (χ1) is 15.1. The molecule has 4 aromatic rings. The Labute approximate surface area is 182 Å². The van der Waals surface area contributed by atoms with Crippen molar-refractivity contribution in [1.82, 2.24) is 4.90 Å². The molecule has 0 aromatic heterocycles. The molecule has 4 heteroatoms. The molecule has 4 aromatic carbocycles. The fourth-order valence-electron chi connectivity index (χ4n) is 3.43. The number of ether oxygens (including phenoxy) is 2. The summed E-state index contributed by atoms with van der Waals surface area (Å²) < 4.78 is 12.0. The van der Waals surface area contributed by atoms with Gasteiger partial charge in [0.15, 0.2) is 0 Å². The van der Waals surface area contributed by atoms with Crippen LogP contribution in [-0.4, -0.2) is 24.9 Å². The van der Waals surface area contributed by atoms with Gasteiger partial charge in [-0.15, -0.1) is 0 Å². The topological polar surface area (TPSA) is 38.8 Å². The van der Waals surface area contributed by atoms with Gasteiger partial charge in [-0.25, -0.2) is 0 Å². The third-order valence-corrected chi connectivity index (χ3v) is 5.07. The molecular formula is C27H25NO3. The highest BCUT2D eigenvalue weighted by Crippen LogP contribution is 2.30. The monoisotopic (exact) mass is 411 g/mol. The molecule has 0 saturated heterocycles. The Morgan fingerprint density at radius 3 is 2.06 bits per heavy atom. The summed E-state index contributed by atoms with van der Waals surface area (Å²) >= 11 is 0. The van der Waals surface area contributed by atoms with Crippen LogP contribution in [0.15, 0.2) is 91.0 Å². The third kappa shape index (κ3) is 4.86. The van der Waals surface area contributed by atoms with E-state index in [2.05, 4.69) is 0 Å². The molecule has 0 heterocycles. The first kappa shape index (κ1) is 20.5. The Bertz CT molecular complexity index is 1160. The molecule has 0 aliphatic heterocycles. The molecule has 0 aliphatic carbocycles. The molecule has 1 amide bonds. The third-order valence-electron chi connectivity index (χ3n) is 5.07. The zero-order valence-electron chi connectivity index (χ0n) is 17.7. The fourth-order valence-corrected chi connectivity index (χ4v) is 3.43. The van der Waals surface area contributed by atoms with Crippen LogP contribution in [0.4, 0.5) is 0 Å². The molecule has 0 unspecified atom stereocenters. The van der Waals surface area contributed by atoms with Crippen molar-refractivity contribution < 1.29 is 14.3 Å². The minimum absolute atomic E-state index is 0.0402. The van der Waals surface area contributed by atoms with Crippen LogP contribution in [0.25, 0.3) is 10.8 Å². The van der Waals surface area contributed by atoms with Gasteiger partial charge in [0.1, 0.15) is 24.7 Å². The Hall–Kier alpha value is -3.79. The Morgan fingerprint density at radius 2 is 1.35 bits per heavy atom. The van der Waals surface area contributed by atoms with Crippen molar-refractivity contribution in [3.63, 3.8) is 0 Å². The van der Waals surface area contributed by atoms with Crippen LogP contribution in [0.1, 0.15) is 21.5 Å². The molecule has 0 aliphatic rings. The van der Waals surface area contributed by atoms with Gasteiger partial charge in [-0.3, -0.25) is 4.79 Å². The highest BCUT2D eigenvalue weighted by molar-refractivity contribution is 6.09. The molecule has 0 saturated carbocycles. The van der Waals surface area contributed by atoms with Gasteiger partial charge in [-0.2, -0.15) is 0 Å². The van der Waals surface area contributed by atoms with Gasteiger partial charge in [0.05, 0.1) is 5.56 Å². The molecule has 0 atom stereocenters. The predicted molar refractivity (Wildman–Crippen MR) is 124 cm³/mol. The smallest absolute Gasteiger partial charge is 0.254 e. The van der Waals surface area contributed by atoms with Crippen LogP contribution < -0.4 is 9.47 Å². The van der Waals surface area contributed by atoms with Gasteiger partial charge in [-0.05, 0) is 40.8 Å². The number of hydrogen-bond acceptors (Lipinski definition) is 3. The first-order valence-corrected chi connectivity index (χ1v) is 10.2. The van der Waals surface area contributed by atoms with E-state index in [4.69, 9.17) is 9.47 Å². The van der Waals surface area contributed by atoms with Crippen molar-refractivity contribution in [2.45, 2.75) is 13.2 Å². The molecule has 0 spiro atoms. The van der Waals surface area contributed by atoms with Gasteiger partial charge in [0.25, 0.3) is 5.91 Å². The summed E-state index contributed by atoms with van der Waals surface area (Å²) in [6.07, 6.45) is 0. The first-order valence-electron chi connectivity index (χ1n) is 10.2. The van der Waals surface area contributed by atoms with E-state index in [0.29, 0.717) is 24.5 Å². The lowest BCUT2D eigenvalue weighted by atomic mass is 10.0. The summed E-state index contributed by atoms with van der Waals surface area (Å²) in [5.74, 6) is 1.48. The highest BCUT2D eigenvalue weighted by atomic mass is 16.5. The lowest BCUT2D eigenvalue weighted by Gasteiger charge is -2.15. The van der Waals surface area contributed by atoms with E-state index < -0.39 is 0 Å². The second kappa shape index (κ2) is 9.35. The lowest BCUT2D eigenvalue weighted by molar-refractivity contribution is 0.0829. The van der Waals surface area contributed by atoms with Crippen molar-refractivity contribution in [2.75, 3.05) is 14.1 Å².